The smallest absolute Gasteiger partial charge is 0.261 e. The van der Waals surface area contributed by atoms with Crippen LogP contribution < -0.4 is 5.32 Å². The molecule has 0 aliphatic carbocycles. The second-order valence-corrected chi connectivity index (χ2v) is 5.72. The fraction of sp³-hybridized carbons (Fsp3) is 0.333. The summed E-state index contributed by atoms with van der Waals surface area (Å²) in [6.07, 6.45) is 1.75. The third kappa shape index (κ3) is 2.81. The predicted octanol–water partition coefficient (Wildman–Crippen LogP) is 3.22. The van der Waals surface area contributed by atoms with Gasteiger partial charge in [-0.2, -0.15) is 5.10 Å². The molecule has 96 valence electrons. The highest BCUT2D eigenvalue weighted by Crippen LogP contribution is 2.20. The number of nitrogens with zero attached hydrogens (tertiary/aromatic N) is 2. The van der Waals surface area contributed by atoms with E-state index in [-0.39, 0.29) is 11.9 Å². The molecule has 2 aromatic heterocycles. The van der Waals surface area contributed by atoms with Gasteiger partial charge in [-0.25, -0.2) is 0 Å². The largest absolute Gasteiger partial charge is 0.343 e. The van der Waals surface area contributed by atoms with Gasteiger partial charge in [0, 0.05) is 22.6 Å². The molecule has 18 heavy (non-hydrogen) atoms. The van der Waals surface area contributed by atoms with Crippen LogP contribution in [0.5, 0.6) is 0 Å². The number of hydrogen-bond donors (Lipinski definition) is 1. The summed E-state index contributed by atoms with van der Waals surface area (Å²) in [6.45, 7) is 4.79. The van der Waals surface area contributed by atoms with Crippen molar-refractivity contribution in [3.05, 3.63) is 38.8 Å². The van der Waals surface area contributed by atoms with E-state index in [1.807, 2.05) is 36.0 Å². The molecular weight excluding hydrogens is 314 g/mol. The molecule has 0 aromatic carbocycles. The summed E-state index contributed by atoms with van der Waals surface area (Å²) in [6, 6.07) is 3.70. The quantitative estimate of drug-likeness (QED) is 0.937. The number of carbonyl (C=O) groups is 1. The van der Waals surface area contributed by atoms with Gasteiger partial charge in [0.15, 0.2) is 0 Å². The van der Waals surface area contributed by atoms with E-state index in [4.69, 9.17) is 0 Å². The standard InChI is InChI=1S/C12H14BrN3OS/c1-3-16-10(4-5-14-16)8(2)15-12(17)11-6-9(13)7-18-11/h4-8H,3H2,1-2H3,(H,15,17)/t8-/m1/s1. The molecular formula is C12H14BrN3OS. The second-order valence-electron chi connectivity index (χ2n) is 3.90. The number of nitrogens with one attached hydrogen (secondary N) is 1. The summed E-state index contributed by atoms with van der Waals surface area (Å²) in [7, 11) is 0. The molecule has 0 bridgehead atoms. The van der Waals surface area contributed by atoms with Crippen molar-refractivity contribution in [1.82, 2.24) is 15.1 Å². The summed E-state index contributed by atoms with van der Waals surface area (Å²) in [5, 5.41) is 9.08. The summed E-state index contributed by atoms with van der Waals surface area (Å²) >= 11 is 4.77. The molecule has 2 heterocycles. The molecule has 1 atom stereocenters. The molecule has 0 unspecified atom stereocenters. The van der Waals surface area contributed by atoms with Crippen LogP contribution in [0, 0.1) is 0 Å². The number of rotatable bonds is 4. The van der Waals surface area contributed by atoms with Gasteiger partial charge < -0.3 is 5.32 Å². The fourth-order valence-electron chi connectivity index (χ4n) is 1.75. The van der Waals surface area contributed by atoms with Gasteiger partial charge in [-0.15, -0.1) is 11.3 Å². The molecule has 0 aliphatic rings. The lowest BCUT2D eigenvalue weighted by Crippen LogP contribution is -2.27. The molecule has 0 spiro atoms. The third-order valence-corrected chi connectivity index (χ3v) is 4.32. The van der Waals surface area contributed by atoms with E-state index in [0.717, 1.165) is 16.7 Å². The van der Waals surface area contributed by atoms with Crippen LogP contribution in [0.4, 0.5) is 0 Å². The lowest BCUT2D eigenvalue weighted by molar-refractivity contribution is 0.0942. The van der Waals surface area contributed by atoms with Crippen LogP contribution in [0.15, 0.2) is 28.2 Å². The highest BCUT2D eigenvalue weighted by Gasteiger charge is 2.15. The first-order valence-electron chi connectivity index (χ1n) is 5.68. The minimum Gasteiger partial charge on any atom is -0.343 e. The molecule has 2 rings (SSSR count). The molecule has 4 nitrogen and oxygen atoms in total. The summed E-state index contributed by atoms with van der Waals surface area (Å²) in [5.41, 5.74) is 1.02. The zero-order valence-corrected chi connectivity index (χ0v) is 12.6. The van der Waals surface area contributed by atoms with Gasteiger partial charge in [-0.3, -0.25) is 9.48 Å². The minimum absolute atomic E-state index is 0.0537. The molecule has 0 saturated heterocycles. The molecule has 1 N–H and O–H groups in total. The first kappa shape index (κ1) is 13.3. The first-order chi connectivity index (χ1) is 8.61. The zero-order valence-electron chi connectivity index (χ0n) is 10.2. The highest BCUT2D eigenvalue weighted by atomic mass is 79.9. The van der Waals surface area contributed by atoms with Gasteiger partial charge in [-0.1, -0.05) is 0 Å². The highest BCUT2D eigenvalue weighted by molar-refractivity contribution is 9.10. The van der Waals surface area contributed by atoms with Gasteiger partial charge in [0.05, 0.1) is 16.6 Å². The van der Waals surface area contributed by atoms with Crippen molar-refractivity contribution in [1.29, 1.82) is 0 Å². The van der Waals surface area contributed by atoms with E-state index in [9.17, 15) is 4.79 Å². The number of thiophene rings is 1. The Morgan fingerprint density at radius 2 is 2.44 bits per heavy atom. The van der Waals surface area contributed by atoms with Crippen molar-refractivity contribution in [3.63, 3.8) is 0 Å². The van der Waals surface area contributed by atoms with E-state index >= 15 is 0 Å². The van der Waals surface area contributed by atoms with Crippen LogP contribution in [0.2, 0.25) is 0 Å². The van der Waals surface area contributed by atoms with Gasteiger partial charge in [0.2, 0.25) is 0 Å². The Kier molecular flexibility index (Phi) is 4.19. The summed E-state index contributed by atoms with van der Waals surface area (Å²) in [4.78, 5) is 12.7. The summed E-state index contributed by atoms with van der Waals surface area (Å²) < 4.78 is 2.82. The topological polar surface area (TPSA) is 46.9 Å². The summed E-state index contributed by atoms with van der Waals surface area (Å²) in [5.74, 6) is -0.0537. The van der Waals surface area contributed by atoms with Crippen molar-refractivity contribution in [2.24, 2.45) is 0 Å². The molecule has 0 fully saturated rings. The molecule has 1 amide bonds. The van der Waals surface area contributed by atoms with Gasteiger partial charge in [-0.05, 0) is 41.9 Å². The van der Waals surface area contributed by atoms with E-state index in [0.29, 0.717) is 4.88 Å². The van der Waals surface area contributed by atoms with Crippen LogP contribution in [0.3, 0.4) is 0 Å². The third-order valence-electron chi connectivity index (χ3n) is 2.63. The van der Waals surface area contributed by atoms with Crippen molar-refractivity contribution in [2.75, 3.05) is 0 Å². The Hall–Kier alpha value is -1.14. The van der Waals surface area contributed by atoms with Crippen LogP contribution in [-0.4, -0.2) is 15.7 Å². The lowest BCUT2D eigenvalue weighted by Gasteiger charge is -2.14. The lowest BCUT2D eigenvalue weighted by atomic mass is 10.2. The number of carbonyl (C=O) groups excluding carboxylic acids is 1. The zero-order chi connectivity index (χ0) is 13.1. The van der Waals surface area contributed by atoms with Crippen molar-refractivity contribution >= 4 is 33.2 Å². The fourth-order valence-corrected chi connectivity index (χ4v) is 3.08. The monoisotopic (exact) mass is 327 g/mol. The Balaban J connectivity index is 2.08. The molecule has 2 aromatic rings. The number of aryl methyl sites for hydroxylation is 1. The SMILES string of the molecule is CCn1nccc1[C@@H](C)NC(=O)c1cc(Br)cs1. The maximum Gasteiger partial charge on any atom is 0.261 e. The van der Waals surface area contributed by atoms with Crippen LogP contribution in [-0.2, 0) is 6.54 Å². The Morgan fingerprint density at radius 1 is 1.67 bits per heavy atom. The first-order valence-corrected chi connectivity index (χ1v) is 7.35. The average molecular weight is 328 g/mol. The Morgan fingerprint density at radius 3 is 3.06 bits per heavy atom. The van der Waals surface area contributed by atoms with Crippen LogP contribution in [0.1, 0.15) is 35.3 Å². The van der Waals surface area contributed by atoms with E-state index < -0.39 is 0 Å². The van der Waals surface area contributed by atoms with Crippen molar-refractivity contribution in [2.45, 2.75) is 26.4 Å². The van der Waals surface area contributed by atoms with E-state index in [1.165, 1.54) is 11.3 Å². The number of aromatic nitrogens is 2. The van der Waals surface area contributed by atoms with Gasteiger partial charge >= 0.3 is 0 Å². The predicted molar refractivity (Wildman–Crippen MR) is 75.8 cm³/mol. The average Bonchev–Trinajstić information content (AvgIpc) is 2.96. The van der Waals surface area contributed by atoms with Crippen LogP contribution in [0.25, 0.3) is 0 Å². The van der Waals surface area contributed by atoms with Crippen molar-refractivity contribution < 1.29 is 4.79 Å². The maximum atomic E-state index is 12.0. The molecule has 0 radical (unpaired) electrons. The number of hydrogen-bond acceptors (Lipinski definition) is 3. The van der Waals surface area contributed by atoms with Crippen LogP contribution >= 0.6 is 27.3 Å². The Labute approximate surface area is 118 Å². The molecule has 0 saturated carbocycles. The van der Waals surface area contributed by atoms with E-state index in [2.05, 4.69) is 26.3 Å². The minimum atomic E-state index is -0.0548. The van der Waals surface area contributed by atoms with Gasteiger partial charge in [0.1, 0.15) is 0 Å². The Bertz CT molecular complexity index is 549. The molecule has 6 heteroatoms. The van der Waals surface area contributed by atoms with Crippen molar-refractivity contribution in [3.8, 4) is 0 Å². The second kappa shape index (κ2) is 5.67. The molecule has 0 aliphatic heterocycles. The maximum absolute atomic E-state index is 12.0. The number of amides is 1. The normalized spacial score (nSPS) is 12.4. The van der Waals surface area contributed by atoms with Gasteiger partial charge in [0.25, 0.3) is 5.91 Å². The number of halogens is 1. The van der Waals surface area contributed by atoms with E-state index in [1.54, 1.807) is 6.20 Å².